The van der Waals surface area contributed by atoms with Crippen molar-refractivity contribution in [2.75, 3.05) is 7.11 Å². The second-order valence-electron chi connectivity index (χ2n) is 4.19. The first-order valence-electron chi connectivity index (χ1n) is 6.44. The summed E-state index contributed by atoms with van der Waals surface area (Å²) in [5.41, 5.74) is 1.42. The lowest BCUT2D eigenvalue weighted by atomic mass is 10.1. The molecule has 0 unspecified atom stereocenters. The van der Waals surface area contributed by atoms with Crippen LogP contribution in [0.25, 0.3) is 0 Å². The van der Waals surface area contributed by atoms with Crippen molar-refractivity contribution in [1.29, 1.82) is 0 Å². The van der Waals surface area contributed by atoms with Gasteiger partial charge in [0.05, 0.1) is 12.7 Å². The van der Waals surface area contributed by atoms with Gasteiger partial charge in [-0.05, 0) is 24.6 Å². The number of aldehydes is 1. The Morgan fingerprint density at radius 2 is 2.11 bits per heavy atom. The summed E-state index contributed by atoms with van der Waals surface area (Å²) in [4.78, 5) is 10.9. The highest BCUT2D eigenvalue weighted by molar-refractivity contribution is 5.80. The quantitative estimate of drug-likeness (QED) is 0.432. The van der Waals surface area contributed by atoms with Crippen LogP contribution in [0.2, 0.25) is 0 Å². The fourth-order valence-electron chi connectivity index (χ4n) is 1.71. The largest absolute Gasteiger partial charge is 0.496 e. The van der Waals surface area contributed by atoms with Gasteiger partial charge in [0.15, 0.2) is 6.29 Å². The Morgan fingerprint density at radius 1 is 1.28 bits per heavy atom. The van der Waals surface area contributed by atoms with Crippen molar-refractivity contribution < 1.29 is 9.53 Å². The molecule has 1 rings (SSSR count). The maximum atomic E-state index is 10.9. The molecule has 1 aromatic rings. The van der Waals surface area contributed by atoms with E-state index in [1.54, 1.807) is 19.2 Å². The Morgan fingerprint density at radius 3 is 2.78 bits per heavy atom. The number of benzene rings is 1. The lowest BCUT2D eigenvalue weighted by Crippen LogP contribution is -1.90. The smallest absolute Gasteiger partial charge is 0.153 e. The van der Waals surface area contributed by atoms with Crippen LogP contribution in [-0.2, 0) is 0 Å². The van der Waals surface area contributed by atoms with Crippen LogP contribution in [0, 0.1) is 11.8 Å². The Bertz CT molecular complexity index is 438. The van der Waals surface area contributed by atoms with E-state index < -0.39 is 0 Å². The molecule has 0 saturated carbocycles. The van der Waals surface area contributed by atoms with Gasteiger partial charge in [-0.25, -0.2) is 0 Å². The molecule has 0 aliphatic heterocycles. The highest BCUT2D eigenvalue weighted by Crippen LogP contribution is 2.17. The average Bonchev–Trinajstić information content (AvgIpc) is 2.42. The molecule has 96 valence electrons. The van der Waals surface area contributed by atoms with Crippen molar-refractivity contribution in [3.8, 4) is 17.6 Å². The van der Waals surface area contributed by atoms with Crippen LogP contribution < -0.4 is 4.74 Å². The summed E-state index contributed by atoms with van der Waals surface area (Å²) in [6, 6.07) is 5.43. The summed E-state index contributed by atoms with van der Waals surface area (Å²) < 4.78 is 5.08. The minimum Gasteiger partial charge on any atom is -0.496 e. The molecule has 0 aliphatic carbocycles. The fourth-order valence-corrected chi connectivity index (χ4v) is 1.71. The Kier molecular flexibility index (Phi) is 6.64. The van der Waals surface area contributed by atoms with Gasteiger partial charge in [0.25, 0.3) is 0 Å². The first-order valence-corrected chi connectivity index (χ1v) is 6.44. The van der Waals surface area contributed by atoms with Crippen molar-refractivity contribution in [3.63, 3.8) is 0 Å². The number of ether oxygens (including phenoxy) is 1. The van der Waals surface area contributed by atoms with E-state index in [0.29, 0.717) is 11.3 Å². The topological polar surface area (TPSA) is 26.3 Å². The number of carbonyl (C=O) groups excluding carboxylic acids is 1. The van der Waals surface area contributed by atoms with Gasteiger partial charge >= 0.3 is 0 Å². The summed E-state index contributed by atoms with van der Waals surface area (Å²) in [5.74, 6) is 6.82. The number of unbranched alkanes of at least 4 members (excludes halogenated alkanes) is 4. The van der Waals surface area contributed by atoms with Crippen LogP contribution in [0.1, 0.15) is 54.9 Å². The van der Waals surface area contributed by atoms with E-state index in [4.69, 9.17) is 4.74 Å². The standard InChI is InChI=1S/C16H20O2/c1-3-4-5-6-7-8-9-14-10-11-16(18-2)15(12-14)13-17/h10-13H,3-7H2,1-2H3. The van der Waals surface area contributed by atoms with Crippen LogP contribution in [-0.4, -0.2) is 13.4 Å². The summed E-state index contributed by atoms with van der Waals surface area (Å²) in [7, 11) is 1.56. The molecule has 0 fully saturated rings. The maximum Gasteiger partial charge on any atom is 0.153 e. The van der Waals surface area contributed by atoms with E-state index in [0.717, 1.165) is 24.7 Å². The third-order valence-corrected chi connectivity index (χ3v) is 2.74. The molecule has 0 atom stereocenters. The summed E-state index contributed by atoms with van der Waals surface area (Å²) >= 11 is 0. The van der Waals surface area contributed by atoms with Crippen molar-refractivity contribution >= 4 is 6.29 Å². The lowest BCUT2D eigenvalue weighted by Gasteiger charge is -2.02. The molecule has 0 aromatic heterocycles. The molecule has 0 spiro atoms. The van der Waals surface area contributed by atoms with E-state index in [1.165, 1.54) is 19.3 Å². The van der Waals surface area contributed by atoms with Crippen LogP contribution in [0.4, 0.5) is 0 Å². The second-order valence-corrected chi connectivity index (χ2v) is 4.19. The van der Waals surface area contributed by atoms with Crippen LogP contribution >= 0.6 is 0 Å². The minimum absolute atomic E-state index is 0.551. The molecule has 0 radical (unpaired) electrons. The first kappa shape index (κ1) is 14.3. The van der Waals surface area contributed by atoms with E-state index in [2.05, 4.69) is 18.8 Å². The van der Waals surface area contributed by atoms with Gasteiger partial charge in [0.1, 0.15) is 5.75 Å². The van der Waals surface area contributed by atoms with E-state index >= 15 is 0 Å². The third-order valence-electron chi connectivity index (χ3n) is 2.74. The van der Waals surface area contributed by atoms with Gasteiger partial charge < -0.3 is 4.74 Å². The maximum absolute atomic E-state index is 10.9. The van der Waals surface area contributed by atoms with Crippen molar-refractivity contribution in [1.82, 2.24) is 0 Å². The molecule has 0 bridgehead atoms. The number of carbonyl (C=O) groups is 1. The zero-order valence-electron chi connectivity index (χ0n) is 11.2. The van der Waals surface area contributed by atoms with Crippen LogP contribution in [0.3, 0.4) is 0 Å². The average molecular weight is 244 g/mol. The number of methoxy groups -OCH3 is 1. The Balaban J connectivity index is 2.57. The number of rotatable bonds is 6. The van der Waals surface area contributed by atoms with Gasteiger partial charge in [0, 0.05) is 12.0 Å². The van der Waals surface area contributed by atoms with Crippen LogP contribution in [0.5, 0.6) is 5.75 Å². The van der Waals surface area contributed by atoms with E-state index in [9.17, 15) is 4.79 Å². The molecular weight excluding hydrogens is 224 g/mol. The Hall–Kier alpha value is -1.75. The van der Waals surface area contributed by atoms with Crippen molar-refractivity contribution in [2.45, 2.75) is 39.0 Å². The van der Waals surface area contributed by atoms with Gasteiger partial charge in [-0.1, -0.05) is 38.0 Å². The van der Waals surface area contributed by atoms with Gasteiger partial charge in [-0.15, -0.1) is 0 Å². The molecule has 0 heterocycles. The zero-order valence-corrected chi connectivity index (χ0v) is 11.2. The summed E-state index contributed by atoms with van der Waals surface area (Å²) in [6.07, 6.45) is 6.63. The van der Waals surface area contributed by atoms with Gasteiger partial charge in [0.2, 0.25) is 0 Å². The lowest BCUT2D eigenvalue weighted by molar-refractivity contribution is 0.112. The molecule has 2 nitrogen and oxygen atoms in total. The SMILES string of the molecule is CCCCCCC#Cc1ccc(OC)c(C=O)c1. The molecule has 18 heavy (non-hydrogen) atoms. The fraction of sp³-hybridized carbons (Fsp3) is 0.438. The van der Waals surface area contributed by atoms with E-state index in [1.807, 2.05) is 6.07 Å². The highest BCUT2D eigenvalue weighted by atomic mass is 16.5. The molecule has 1 aromatic carbocycles. The van der Waals surface area contributed by atoms with Gasteiger partial charge in [-0.2, -0.15) is 0 Å². The Labute approximate surface area is 109 Å². The molecule has 0 N–H and O–H groups in total. The molecule has 2 heteroatoms. The highest BCUT2D eigenvalue weighted by Gasteiger charge is 2.01. The number of hydrogen-bond donors (Lipinski definition) is 0. The van der Waals surface area contributed by atoms with Gasteiger partial charge in [-0.3, -0.25) is 4.79 Å². The molecule has 0 saturated heterocycles. The second kappa shape index (κ2) is 8.36. The minimum atomic E-state index is 0.551. The molecule has 0 amide bonds. The summed E-state index contributed by atoms with van der Waals surface area (Å²) in [6.45, 7) is 2.20. The first-order chi connectivity index (χ1) is 8.81. The zero-order chi connectivity index (χ0) is 13.2. The number of hydrogen-bond acceptors (Lipinski definition) is 2. The normalized spacial score (nSPS) is 9.44. The molecular formula is C16H20O2. The predicted molar refractivity (Wildman–Crippen MR) is 74.0 cm³/mol. The van der Waals surface area contributed by atoms with E-state index in [-0.39, 0.29) is 0 Å². The summed E-state index contributed by atoms with van der Waals surface area (Å²) in [5, 5.41) is 0. The van der Waals surface area contributed by atoms with Crippen molar-refractivity contribution in [3.05, 3.63) is 29.3 Å². The van der Waals surface area contributed by atoms with Crippen LogP contribution in [0.15, 0.2) is 18.2 Å². The third kappa shape index (κ3) is 4.63. The molecule has 0 aliphatic rings. The monoisotopic (exact) mass is 244 g/mol. The predicted octanol–water partition coefficient (Wildman–Crippen LogP) is 3.83. The van der Waals surface area contributed by atoms with Crippen molar-refractivity contribution in [2.24, 2.45) is 0 Å².